The van der Waals surface area contributed by atoms with Crippen LogP contribution in [0.1, 0.15) is 30.3 Å². The maximum atomic E-state index is 12.9. The molecule has 3 heterocycles. The van der Waals surface area contributed by atoms with Gasteiger partial charge in [-0.25, -0.2) is 15.4 Å². The molecule has 4 aromatic rings. The molecule has 38 heavy (non-hydrogen) atoms. The van der Waals surface area contributed by atoms with Crippen molar-refractivity contribution < 1.29 is 14.8 Å². The monoisotopic (exact) mass is 529 g/mol. The molecule has 1 fully saturated rings. The summed E-state index contributed by atoms with van der Waals surface area (Å²) in [5.74, 6) is 0.267. The maximum absolute atomic E-state index is 12.9. The lowest BCUT2D eigenvalue weighted by Crippen LogP contribution is -2.38. The lowest BCUT2D eigenvalue weighted by Gasteiger charge is -2.33. The van der Waals surface area contributed by atoms with Crippen LogP contribution in [-0.4, -0.2) is 49.5 Å². The molecule has 0 saturated carbocycles. The van der Waals surface area contributed by atoms with Gasteiger partial charge in [0.1, 0.15) is 5.82 Å². The third kappa shape index (κ3) is 5.99. The number of halogens is 1. The van der Waals surface area contributed by atoms with E-state index < -0.39 is 5.91 Å². The maximum Gasteiger partial charge on any atom is 0.267 e. The predicted molar refractivity (Wildman–Crippen MR) is 150 cm³/mol. The van der Waals surface area contributed by atoms with Crippen molar-refractivity contribution in [3.8, 4) is 11.4 Å². The Labute approximate surface area is 226 Å². The number of nitrogens with zero attached hydrogens (tertiary/aromatic N) is 4. The van der Waals surface area contributed by atoms with Crippen molar-refractivity contribution in [1.82, 2.24) is 24.9 Å². The van der Waals surface area contributed by atoms with Gasteiger partial charge in [0.05, 0.1) is 22.4 Å². The average Bonchev–Trinajstić information content (AvgIpc) is 3.35. The van der Waals surface area contributed by atoms with Gasteiger partial charge in [0.25, 0.3) is 5.91 Å². The number of carbonyl (C=O) groups is 2. The zero-order valence-corrected chi connectivity index (χ0v) is 21.4. The van der Waals surface area contributed by atoms with Crippen LogP contribution < -0.4 is 5.48 Å². The van der Waals surface area contributed by atoms with Gasteiger partial charge >= 0.3 is 0 Å². The minimum atomic E-state index is -0.638. The van der Waals surface area contributed by atoms with Gasteiger partial charge in [0, 0.05) is 36.8 Å². The molecule has 0 aliphatic carbocycles. The van der Waals surface area contributed by atoms with Crippen LogP contribution in [0.2, 0.25) is 0 Å². The van der Waals surface area contributed by atoms with Gasteiger partial charge < -0.3 is 9.47 Å². The van der Waals surface area contributed by atoms with Crippen LogP contribution in [-0.2, 0) is 9.59 Å². The van der Waals surface area contributed by atoms with E-state index in [1.54, 1.807) is 30.4 Å². The van der Waals surface area contributed by atoms with Gasteiger partial charge in [-0.1, -0.05) is 48.5 Å². The molecule has 1 aliphatic heterocycles. The minimum Gasteiger partial charge on any atom is -0.339 e. The highest BCUT2D eigenvalue weighted by atomic mass is 35.5. The zero-order valence-electron chi connectivity index (χ0n) is 20.6. The Morgan fingerprint density at radius 1 is 0.842 bits per heavy atom. The Balaban J connectivity index is 0.00000336. The van der Waals surface area contributed by atoms with E-state index in [9.17, 15) is 9.59 Å². The van der Waals surface area contributed by atoms with Crippen molar-refractivity contribution in [3.05, 3.63) is 96.3 Å². The van der Waals surface area contributed by atoms with E-state index in [1.807, 2.05) is 41.3 Å². The molecule has 1 aliphatic rings. The Bertz CT molecular complexity index is 1470. The number of imidazole rings is 1. The number of piperidine rings is 1. The lowest BCUT2D eigenvalue weighted by atomic mass is 10.0. The summed E-state index contributed by atoms with van der Waals surface area (Å²) >= 11 is 0. The van der Waals surface area contributed by atoms with Crippen molar-refractivity contribution in [1.29, 1.82) is 0 Å². The fraction of sp³-hybridized carbons (Fsp3) is 0.172. The number of nitrogens with one attached hydrogen (secondary N) is 1. The number of carbonyl (C=O) groups excluding carboxylic acids is 2. The number of fused-ring (bicyclic) bond motifs is 1. The number of rotatable bonds is 6. The summed E-state index contributed by atoms with van der Waals surface area (Å²) in [4.78, 5) is 35.3. The normalized spacial score (nSPS) is 14.2. The van der Waals surface area contributed by atoms with Crippen molar-refractivity contribution in [2.45, 2.75) is 18.9 Å². The van der Waals surface area contributed by atoms with Gasteiger partial charge in [-0.2, -0.15) is 0 Å². The van der Waals surface area contributed by atoms with Gasteiger partial charge in [-0.05, 0) is 49.3 Å². The van der Waals surface area contributed by atoms with Gasteiger partial charge in [-0.15, -0.1) is 12.4 Å². The van der Waals surface area contributed by atoms with Crippen molar-refractivity contribution >= 4 is 47.4 Å². The van der Waals surface area contributed by atoms with E-state index in [2.05, 4.69) is 27.8 Å². The number of benzene rings is 2. The second-order valence-corrected chi connectivity index (χ2v) is 8.85. The molecule has 2 aromatic carbocycles. The van der Waals surface area contributed by atoms with Crippen LogP contribution in [0.5, 0.6) is 0 Å². The van der Waals surface area contributed by atoms with Crippen molar-refractivity contribution in [2.24, 2.45) is 0 Å². The first-order chi connectivity index (χ1) is 18.1. The number of likely N-dealkylation sites (tertiary alicyclic amines) is 1. The van der Waals surface area contributed by atoms with Crippen LogP contribution in [0.4, 0.5) is 0 Å². The summed E-state index contributed by atoms with van der Waals surface area (Å²) in [5.41, 5.74) is 5.86. The molecule has 0 spiro atoms. The highest BCUT2D eigenvalue weighted by Crippen LogP contribution is 2.33. The second kappa shape index (κ2) is 12.3. The summed E-state index contributed by atoms with van der Waals surface area (Å²) in [5, 5.41) is 8.59. The molecular formula is C29H28ClN5O3. The highest BCUT2D eigenvalue weighted by Gasteiger charge is 2.26. The summed E-state index contributed by atoms with van der Waals surface area (Å²) in [6.07, 6.45) is 7.56. The second-order valence-electron chi connectivity index (χ2n) is 8.85. The molecule has 9 heteroatoms. The fourth-order valence-corrected chi connectivity index (χ4v) is 4.66. The topological polar surface area (TPSA) is 100 Å². The van der Waals surface area contributed by atoms with E-state index in [0.717, 1.165) is 35.3 Å². The molecule has 0 radical (unpaired) electrons. The molecule has 0 atom stereocenters. The number of amides is 2. The van der Waals surface area contributed by atoms with Gasteiger partial charge in [0.15, 0.2) is 0 Å². The van der Waals surface area contributed by atoms with Crippen LogP contribution in [0.3, 0.4) is 0 Å². The Kier molecular flexibility index (Phi) is 8.68. The highest BCUT2D eigenvalue weighted by molar-refractivity contribution is 5.92. The number of pyridine rings is 1. The van der Waals surface area contributed by atoms with E-state index in [-0.39, 0.29) is 24.4 Å². The molecule has 194 valence electrons. The largest absolute Gasteiger partial charge is 0.339 e. The standard InChI is InChI=1S/C29H27N5O3.ClH/c35-27(32-37)15-13-22-9-6-10-23(30-22)14-16-28(36)33-19-17-24(18-20-33)34-26-12-5-4-11-25(26)31-29(34)21-7-2-1-3-8-21;/h1-16,24,37H,17-20H2,(H,32,35);1H. The summed E-state index contributed by atoms with van der Waals surface area (Å²) < 4.78 is 2.34. The van der Waals surface area contributed by atoms with E-state index >= 15 is 0 Å². The molecule has 2 N–H and O–H groups in total. The molecule has 2 amide bonds. The summed E-state index contributed by atoms with van der Waals surface area (Å²) in [6, 6.07) is 24.0. The zero-order chi connectivity index (χ0) is 25.6. The molecule has 0 unspecified atom stereocenters. The SMILES string of the molecule is Cl.O=C(C=Cc1cccc(C=CC(=O)N2CCC(n3c(-c4ccccc4)nc4ccccc43)CC2)n1)NO. The molecule has 2 aromatic heterocycles. The summed E-state index contributed by atoms with van der Waals surface area (Å²) in [6.45, 7) is 1.31. The Morgan fingerprint density at radius 3 is 2.21 bits per heavy atom. The van der Waals surface area contributed by atoms with Crippen molar-refractivity contribution in [2.75, 3.05) is 13.1 Å². The van der Waals surface area contributed by atoms with E-state index in [1.165, 1.54) is 17.6 Å². The first-order valence-corrected chi connectivity index (χ1v) is 12.2. The van der Waals surface area contributed by atoms with Crippen LogP contribution >= 0.6 is 12.4 Å². The minimum absolute atomic E-state index is 0. The van der Waals surface area contributed by atoms with Gasteiger partial charge in [0.2, 0.25) is 5.91 Å². The fourth-order valence-electron chi connectivity index (χ4n) is 4.66. The Morgan fingerprint density at radius 2 is 1.50 bits per heavy atom. The first-order valence-electron chi connectivity index (χ1n) is 12.2. The Hall–Kier alpha value is -4.27. The number of hydroxylamine groups is 1. The molecular weight excluding hydrogens is 502 g/mol. The molecule has 5 rings (SSSR count). The number of para-hydroxylation sites is 2. The first kappa shape index (κ1) is 26.8. The van der Waals surface area contributed by atoms with E-state index in [4.69, 9.17) is 10.2 Å². The third-order valence-corrected chi connectivity index (χ3v) is 6.47. The van der Waals surface area contributed by atoms with E-state index in [0.29, 0.717) is 24.5 Å². The number of hydrogen-bond donors (Lipinski definition) is 2. The number of hydrogen-bond acceptors (Lipinski definition) is 5. The number of aromatic nitrogens is 3. The predicted octanol–water partition coefficient (Wildman–Crippen LogP) is 4.92. The van der Waals surface area contributed by atoms with Crippen LogP contribution in [0.25, 0.3) is 34.6 Å². The lowest BCUT2D eigenvalue weighted by molar-refractivity contribution is -0.127. The smallest absolute Gasteiger partial charge is 0.267 e. The molecule has 8 nitrogen and oxygen atoms in total. The van der Waals surface area contributed by atoms with Gasteiger partial charge in [-0.3, -0.25) is 14.8 Å². The quantitative estimate of drug-likeness (QED) is 0.210. The van der Waals surface area contributed by atoms with Crippen LogP contribution in [0, 0.1) is 0 Å². The summed E-state index contributed by atoms with van der Waals surface area (Å²) in [7, 11) is 0. The van der Waals surface area contributed by atoms with Crippen LogP contribution in [0.15, 0.2) is 84.9 Å². The molecule has 0 bridgehead atoms. The average molecular weight is 530 g/mol. The third-order valence-electron chi connectivity index (χ3n) is 6.47. The molecule has 1 saturated heterocycles. The van der Waals surface area contributed by atoms with Crippen molar-refractivity contribution in [3.63, 3.8) is 0 Å².